The molecule has 6 heteroatoms. The van der Waals surface area contributed by atoms with Crippen LogP contribution in [-0.4, -0.2) is 16.1 Å². The number of hydrogen-bond acceptors (Lipinski definition) is 4. The average molecular weight is 299 g/mol. The minimum Gasteiger partial charge on any atom is -0.478 e. The van der Waals surface area contributed by atoms with Crippen molar-refractivity contribution in [2.24, 2.45) is 0 Å². The minimum absolute atomic E-state index is 0.440. The van der Waals surface area contributed by atoms with Gasteiger partial charge in [-0.2, -0.15) is 0 Å². The lowest BCUT2D eigenvalue weighted by atomic mass is 10.2. The summed E-state index contributed by atoms with van der Waals surface area (Å²) in [6, 6.07) is 0. The van der Waals surface area contributed by atoms with Crippen molar-refractivity contribution in [3.63, 3.8) is 0 Å². The predicted molar refractivity (Wildman–Crippen MR) is 68.4 cm³/mol. The van der Waals surface area contributed by atoms with Crippen molar-refractivity contribution in [3.8, 4) is 0 Å². The molecule has 0 bridgehead atoms. The smallest absolute Gasteiger partial charge is 0.328 e. The van der Waals surface area contributed by atoms with Crippen molar-refractivity contribution in [1.82, 2.24) is 4.98 Å². The summed E-state index contributed by atoms with van der Waals surface area (Å²) in [5, 5.41) is 11.3. The van der Waals surface area contributed by atoms with Gasteiger partial charge < -0.3 is 10.8 Å². The minimum atomic E-state index is -0.986. The zero-order valence-corrected chi connectivity index (χ0v) is 10.4. The fourth-order valence-corrected chi connectivity index (χ4v) is 3.07. The Kier molecular flexibility index (Phi) is 2.93. The van der Waals surface area contributed by atoms with Gasteiger partial charge in [-0.1, -0.05) is 0 Å². The highest BCUT2D eigenvalue weighted by atomic mass is 79.9. The van der Waals surface area contributed by atoms with Crippen LogP contribution in [0.1, 0.15) is 5.56 Å². The summed E-state index contributed by atoms with van der Waals surface area (Å²) < 4.78 is 1.81. The Morgan fingerprint density at radius 3 is 3.06 bits per heavy atom. The second-order valence-electron chi connectivity index (χ2n) is 3.06. The number of fused-ring (bicyclic) bond motifs is 1. The number of thiophene rings is 1. The van der Waals surface area contributed by atoms with Crippen molar-refractivity contribution in [1.29, 1.82) is 0 Å². The quantitative estimate of drug-likeness (QED) is 0.836. The van der Waals surface area contributed by atoms with E-state index in [1.54, 1.807) is 6.20 Å². The van der Waals surface area contributed by atoms with Crippen LogP contribution >= 0.6 is 27.3 Å². The molecular weight excluding hydrogens is 292 g/mol. The SMILES string of the molecule is Nc1ncc(C=CC(=O)O)c2scc(Br)c12. The largest absolute Gasteiger partial charge is 0.478 e. The normalized spacial score (nSPS) is 11.3. The topological polar surface area (TPSA) is 76.2 Å². The van der Waals surface area contributed by atoms with Gasteiger partial charge in [0.1, 0.15) is 5.82 Å². The van der Waals surface area contributed by atoms with E-state index in [0.717, 1.165) is 26.2 Å². The molecule has 0 aromatic carbocycles. The van der Waals surface area contributed by atoms with Gasteiger partial charge in [0.05, 0.1) is 0 Å². The molecule has 0 amide bonds. The van der Waals surface area contributed by atoms with Crippen LogP contribution in [0, 0.1) is 0 Å². The van der Waals surface area contributed by atoms with E-state index >= 15 is 0 Å². The molecule has 2 rings (SSSR count). The molecule has 82 valence electrons. The van der Waals surface area contributed by atoms with Gasteiger partial charge in [-0.3, -0.25) is 0 Å². The van der Waals surface area contributed by atoms with Crippen LogP contribution in [0.2, 0.25) is 0 Å². The predicted octanol–water partition coefficient (Wildman–Crippen LogP) is 2.74. The first-order chi connectivity index (χ1) is 7.59. The van der Waals surface area contributed by atoms with Gasteiger partial charge in [0.15, 0.2) is 0 Å². The van der Waals surface area contributed by atoms with Gasteiger partial charge in [0, 0.05) is 37.8 Å². The fourth-order valence-electron chi connectivity index (χ4n) is 1.33. The Morgan fingerprint density at radius 2 is 2.38 bits per heavy atom. The van der Waals surface area contributed by atoms with Crippen LogP contribution in [0.5, 0.6) is 0 Å². The van der Waals surface area contributed by atoms with Gasteiger partial charge in [0.2, 0.25) is 0 Å². The van der Waals surface area contributed by atoms with Crippen LogP contribution in [0.3, 0.4) is 0 Å². The molecular formula is C10H7BrN2O2S. The number of carbonyl (C=O) groups is 1. The van der Waals surface area contributed by atoms with E-state index < -0.39 is 5.97 Å². The van der Waals surface area contributed by atoms with E-state index in [0.29, 0.717) is 5.82 Å². The lowest BCUT2D eigenvalue weighted by Gasteiger charge is -1.99. The highest BCUT2D eigenvalue weighted by Gasteiger charge is 2.09. The van der Waals surface area contributed by atoms with Crippen molar-refractivity contribution in [3.05, 3.63) is 27.7 Å². The second-order valence-corrected chi connectivity index (χ2v) is 4.79. The number of aromatic nitrogens is 1. The third-order valence-corrected chi connectivity index (χ3v) is 3.97. The molecule has 0 atom stereocenters. The molecule has 4 nitrogen and oxygen atoms in total. The molecule has 0 fully saturated rings. The Labute approximate surface area is 104 Å². The highest BCUT2D eigenvalue weighted by Crippen LogP contribution is 2.35. The van der Waals surface area contributed by atoms with Crippen LogP contribution in [0.4, 0.5) is 5.82 Å². The maximum atomic E-state index is 10.4. The monoisotopic (exact) mass is 298 g/mol. The molecule has 2 aromatic rings. The summed E-state index contributed by atoms with van der Waals surface area (Å²) in [6.07, 6.45) is 4.17. The molecule has 0 aliphatic heterocycles. The number of rotatable bonds is 2. The van der Waals surface area contributed by atoms with E-state index in [1.165, 1.54) is 17.4 Å². The van der Waals surface area contributed by atoms with E-state index in [1.807, 2.05) is 5.38 Å². The van der Waals surface area contributed by atoms with E-state index in [9.17, 15) is 4.79 Å². The maximum Gasteiger partial charge on any atom is 0.328 e. The molecule has 0 unspecified atom stereocenters. The lowest BCUT2D eigenvalue weighted by molar-refractivity contribution is -0.131. The molecule has 16 heavy (non-hydrogen) atoms. The van der Waals surface area contributed by atoms with Crippen LogP contribution in [-0.2, 0) is 4.79 Å². The first-order valence-corrected chi connectivity index (χ1v) is 5.99. The Bertz CT molecular complexity index is 592. The summed E-state index contributed by atoms with van der Waals surface area (Å²) in [6.45, 7) is 0. The fraction of sp³-hybridized carbons (Fsp3) is 0. The molecule has 2 aromatic heterocycles. The highest BCUT2D eigenvalue weighted by molar-refractivity contribution is 9.10. The molecule has 0 aliphatic carbocycles. The van der Waals surface area contributed by atoms with E-state index in [4.69, 9.17) is 10.8 Å². The number of anilines is 1. The first-order valence-electron chi connectivity index (χ1n) is 4.32. The number of halogens is 1. The summed E-state index contributed by atoms with van der Waals surface area (Å²) in [7, 11) is 0. The van der Waals surface area contributed by atoms with Crippen molar-refractivity contribution in [2.45, 2.75) is 0 Å². The second kappa shape index (κ2) is 4.23. The number of carboxylic acids is 1. The summed E-state index contributed by atoms with van der Waals surface area (Å²) in [5.74, 6) is -0.545. The summed E-state index contributed by atoms with van der Waals surface area (Å²) in [5.41, 5.74) is 6.50. The molecule has 0 saturated heterocycles. The van der Waals surface area contributed by atoms with Crippen LogP contribution in [0.25, 0.3) is 16.2 Å². The van der Waals surface area contributed by atoms with Gasteiger partial charge in [0.25, 0.3) is 0 Å². The number of carboxylic acid groups (broad SMARTS) is 1. The average Bonchev–Trinajstić information content (AvgIpc) is 2.61. The molecule has 0 radical (unpaired) electrons. The van der Waals surface area contributed by atoms with Gasteiger partial charge in [-0.15, -0.1) is 11.3 Å². The van der Waals surface area contributed by atoms with Crippen molar-refractivity contribution >= 4 is 55.2 Å². The molecule has 3 N–H and O–H groups in total. The first kappa shape index (κ1) is 11.1. The summed E-state index contributed by atoms with van der Waals surface area (Å²) >= 11 is 4.88. The van der Waals surface area contributed by atoms with Crippen molar-refractivity contribution in [2.75, 3.05) is 5.73 Å². The van der Waals surface area contributed by atoms with Gasteiger partial charge >= 0.3 is 5.97 Å². The standard InChI is InChI=1S/C10H7BrN2O2S/c11-6-4-16-9-5(1-2-7(14)15)3-13-10(12)8(6)9/h1-4H,(H2,12,13)(H,14,15). The zero-order chi connectivity index (χ0) is 11.7. The number of aliphatic carboxylic acids is 1. The van der Waals surface area contributed by atoms with Gasteiger partial charge in [-0.25, -0.2) is 9.78 Å². The van der Waals surface area contributed by atoms with Crippen LogP contribution in [0.15, 0.2) is 22.1 Å². The molecule has 0 spiro atoms. The number of nitrogen functional groups attached to an aromatic ring is 1. The number of hydrogen-bond donors (Lipinski definition) is 2. The van der Waals surface area contributed by atoms with Crippen molar-refractivity contribution < 1.29 is 9.90 Å². The Hall–Kier alpha value is -1.40. The number of nitrogens with two attached hydrogens (primary N) is 1. The van der Waals surface area contributed by atoms with E-state index in [-0.39, 0.29) is 0 Å². The summed E-state index contributed by atoms with van der Waals surface area (Å²) in [4.78, 5) is 14.5. The third-order valence-electron chi connectivity index (χ3n) is 2.01. The Balaban J connectivity index is 2.64. The molecule has 0 aliphatic rings. The van der Waals surface area contributed by atoms with Crippen LogP contribution < -0.4 is 5.73 Å². The maximum absolute atomic E-state index is 10.4. The molecule has 2 heterocycles. The number of nitrogens with zero attached hydrogens (tertiary/aromatic N) is 1. The third kappa shape index (κ3) is 1.94. The Morgan fingerprint density at radius 1 is 1.62 bits per heavy atom. The lowest BCUT2D eigenvalue weighted by Crippen LogP contribution is -1.92. The molecule has 0 saturated carbocycles. The van der Waals surface area contributed by atoms with Gasteiger partial charge in [-0.05, 0) is 22.0 Å². The van der Waals surface area contributed by atoms with E-state index in [2.05, 4.69) is 20.9 Å². The zero-order valence-electron chi connectivity index (χ0n) is 7.98. The number of pyridine rings is 1.